The van der Waals surface area contributed by atoms with Gasteiger partial charge in [-0.05, 0) is 91.8 Å². The summed E-state index contributed by atoms with van der Waals surface area (Å²) in [4.78, 5) is 0.569. The Hall–Kier alpha value is -6.90. The molecule has 0 saturated heterocycles. The van der Waals surface area contributed by atoms with E-state index in [0.717, 1.165) is 0 Å². The number of rotatable bonds is 6. The van der Waals surface area contributed by atoms with Crippen LogP contribution in [-0.2, 0) is 0 Å². The average Bonchev–Trinajstić information content (AvgIpc) is 4.03. The third-order valence-electron chi connectivity index (χ3n) is 8.31. The second-order valence-corrected chi connectivity index (χ2v) is 11.3. The van der Waals surface area contributed by atoms with Crippen LogP contribution in [0.3, 0.4) is 0 Å². The molecule has 10 aromatic rings. The van der Waals surface area contributed by atoms with Crippen molar-refractivity contribution < 1.29 is 40.1 Å². The molecule has 0 fully saturated rings. The molecule has 0 aliphatic carbocycles. The van der Waals surface area contributed by atoms with Crippen molar-refractivity contribution in [3.05, 3.63) is 200 Å². The number of anilines is 3. The first-order valence-electron chi connectivity index (χ1n) is 28.7. The normalized spacial score (nSPS) is 18.5. The zero-order chi connectivity index (χ0) is 57.1. The molecule has 2 heteroatoms. The maximum absolute atomic E-state index is 9.71. The Bertz CT molecular complexity index is 4300. The molecule has 2 nitrogen and oxygen atoms in total. The smallest absolute Gasteiger partial charge is 0.143 e. The van der Waals surface area contributed by atoms with Crippen LogP contribution in [-0.4, -0.2) is 0 Å². The summed E-state index contributed by atoms with van der Waals surface area (Å²) in [6.07, 6.45) is 0. The average molecular weight is 690 g/mol. The molecule has 0 aliphatic heterocycles. The summed E-state index contributed by atoms with van der Waals surface area (Å²) in [5.41, 5.74) is -7.29. The van der Waals surface area contributed by atoms with E-state index in [4.69, 9.17) is 26.3 Å². The van der Waals surface area contributed by atoms with Gasteiger partial charge in [0.2, 0.25) is 0 Å². The highest BCUT2D eigenvalue weighted by Gasteiger charge is 2.20. The number of benzene rings is 9. The summed E-state index contributed by atoms with van der Waals surface area (Å²) in [6.45, 7) is 0. The molecule has 52 heavy (non-hydrogen) atoms. The maximum atomic E-state index is 9.71. The Kier molecular flexibility index (Phi) is 3.27. The molecule has 1 heterocycles. The van der Waals surface area contributed by atoms with Crippen molar-refractivity contribution in [3.8, 4) is 33.4 Å². The van der Waals surface area contributed by atoms with E-state index < -0.39 is 229 Å². The molecular formula is C50H33NO. The van der Waals surface area contributed by atoms with Gasteiger partial charge >= 0.3 is 0 Å². The van der Waals surface area contributed by atoms with E-state index in [2.05, 4.69) is 0 Å². The quantitative estimate of drug-likeness (QED) is 0.173. The van der Waals surface area contributed by atoms with Crippen LogP contribution >= 0.6 is 0 Å². The van der Waals surface area contributed by atoms with Gasteiger partial charge < -0.3 is 9.32 Å². The molecule has 0 aliphatic rings. The van der Waals surface area contributed by atoms with Crippen LogP contribution in [0.5, 0.6) is 0 Å². The summed E-state index contributed by atoms with van der Waals surface area (Å²) < 4.78 is 241. The summed E-state index contributed by atoms with van der Waals surface area (Å²) >= 11 is 0. The van der Waals surface area contributed by atoms with Gasteiger partial charge in [-0.2, -0.15) is 0 Å². The van der Waals surface area contributed by atoms with E-state index in [9.17, 15) is 13.7 Å². The Morgan fingerprint density at radius 2 is 1.02 bits per heavy atom. The Labute approximate surface area is 339 Å². The van der Waals surface area contributed by atoms with E-state index in [1.54, 1.807) is 42.5 Å². The van der Waals surface area contributed by atoms with Crippen molar-refractivity contribution in [2.45, 2.75) is 0 Å². The zero-order valence-corrected chi connectivity index (χ0v) is 26.4. The van der Waals surface area contributed by atoms with Crippen LogP contribution in [0.25, 0.3) is 76.9 Å². The van der Waals surface area contributed by atoms with Gasteiger partial charge in [-0.1, -0.05) is 157 Å². The standard InChI is InChI=1S/C50H33NO/c1-2-10-34(11-3-1)35-20-22-36(23-21-35)37-24-29-41(30-25-37)51(42-31-26-40(27-32-42)44-17-8-14-38-12-4-6-15-43(38)44)47-18-9-19-48-49(47)46-33-28-39-13-5-7-16-45(39)50(46)52-48/h1-33H/i1D,2D,3D,5D,7D,9D,10D,11D,13D,16D,18D,19D,20D,21D,22D,23D,24D,25D,26D,27D,28D,29D,30D,31D,32D,33D. The van der Waals surface area contributed by atoms with Crippen molar-refractivity contribution in [2.75, 3.05) is 4.90 Å². The van der Waals surface area contributed by atoms with Gasteiger partial charge in [-0.3, -0.25) is 0 Å². The molecule has 0 bridgehead atoms. The van der Waals surface area contributed by atoms with Crippen LogP contribution in [0.1, 0.15) is 35.6 Å². The summed E-state index contributed by atoms with van der Waals surface area (Å²) in [5, 5.41) is -0.975. The Balaban J connectivity index is 1.37. The second kappa shape index (κ2) is 12.5. The van der Waals surface area contributed by atoms with E-state index in [0.29, 0.717) is 15.7 Å². The molecule has 9 aromatic carbocycles. The molecule has 0 atom stereocenters. The maximum Gasteiger partial charge on any atom is 0.143 e. The summed E-state index contributed by atoms with van der Waals surface area (Å²) in [5.74, 6) is 0. The van der Waals surface area contributed by atoms with Gasteiger partial charge in [-0.15, -0.1) is 0 Å². The van der Waals surface area contributed by atoms with Gasteiger partial charge in [0.05, 0.1) is 46.7 Å². The first-order valence-corrected chi connectivity index (χ1v) is 15.7. The van der Waals surface area contributed by atoms with Gasteiger partial charge in [0, 0.05) is 22.1 Å². The number of hydrogen-bond acceptors (Lipinski definition) is 2. The van der Waals surface area contributed by atoms with Crippen molar-refractivity contribution in [2.24, 2.45) is 0 Å². The number of furan rings is 1. The first kappa shape index (κ1) is 13.7. The van der Waals surface area contributed by atoms with Gasteiger partial charge in [0.15, 0.2) is 0 Å². The van der Waals surface area contributed by atoms with Gasteiger partial charge in [0.1, 0.15) is 11.2 Å². The van der Waals surface area contributed by atoms with Crippen LogP contribution in [0, 0.1) is 0 Å². The van der Waals surface area contributed by atoms with Crippen molar-refractivity contribution in [3.63, 3.8) is 0 Å². The van der Waals surface area contributed by atoms with Crippen LogP contribution in [0.15, 0.2) is 204 Å². The van der Waals surface area contributed by atoms with E-state index >= 15 is 0 Å². The molecule has 0 saturated carbocycles. The topological polar surface area (TPSA) is 16.4 Å². The molecule has 1 aromatic heterocycles. The van der Waals surface area contributed by atoms with Gasteiger partial charge in [-0.25, -0.2) is 0 Å². The minimum Gasteiger partial charge on any atom is -0.455 e. The highest BCUT2D eigenvalue weighted by atomic mass is 16.3. The van der Waals surface area contributed by atoms with Crippen molar-refractivity contribution >= 4 is 60.5 Å². The molecule has 0 spiro atoms. The van der Waals surface area contributed by atoms with Crippen LogP contribution in [0.4, 0.5) is 17.1 Å². The minimum atomic E-state index is -1.18. The monoisotopic (exact) mass is 689 g/mol. The van der Waals surface area contributed by atoms with Crippen LogP contribution in [0.2, 0.25) is 0 Å². The fraction of sp³-hybridized carbons (Fsp3) is 0. The van der Waals surface area contributed by atoms with Gasteiger partial charge in [0.25, 0.3) is 0 Å². The minimum absolute atomic E-state index is 0.226. The molecule has 0 amide bonds. The zero-order valence-electron chi connectivity index (χ0n) is 52.4. The number of nitrogens with zero attached hydrogens (tertiary/aromatic N) is 1. The molecule has 10 rings (SSSR count). The fourth-order valence-electron chi connectivity index (χ4n) is 5.93. The molecule has 0 unspecified atom stereocenters. The lowest BCUT2D eigenvalue weighted by Gasteiger charge is -2.26. The first-order chi connectivity index (χ1) is 36.6. The molecule has 244 valence electrons. The summed E-state index contributed by atoms with van der Waals surface area (Å²) in [6, 6.07) is -12.3. The lowest BCUT2D eigenvalue weighted by atomic mass is 9.97. The Morgan fingerprint density at radius 1 is 0.404 bits per heavy atom. The third-order valence-corrected chi connectivity index (χ3v) is 8.31. The molecule has 0 N–H and O–H groups in total. The van der Waals surface area contributed by atoms with E-state index in [1.165, 1.54) is 0 Å². The van der Waals surface area contributed by atoms with Crippen molar-refractivity contribution in [1.29, 1.82) is 0 Å². The SMILES string of the molecule is [2H]c1c([2H])c([2H])c(-c2c([2H])c([2H])c(-c3c([2H])c([2H])c(N(c4c([2H])c([2H])c(-c5cccc6ccccc56)c([2H])c4[2H])c4c([2H])c([2H])c([2H])c5oc6c7c([2H])c([2H])c([2H])c([2H])c7c([2H])c([2H])c6c45)c([2H])c3[2H])c([2H])c2[2H])c([2H])c1[2H]. The predicted octanol–water partition coefficient (Wildman–Crippen LogP) is 14.4. The highest BCUT2D eigenvalue weighted by Crippen LogP contribution is 2.45. The summed E-state index contributed by atoms with van der Waals surface area (Å²) in [7, 11) is 0. The number of hydrogen-bond donors (Lipinski definition) is 0. The molecular weight excluding hydrogens is 631 g/mol. The fourth-order valence-corrected chi connectivity index (χ4v) is 5.93. The lowest BCUT2D eigenvalue weighted by Crippen LogP contribution is -2.10. The Morgan fingerprint density at radius 3 is 1.77 bits per heavy atom. The van der Waals surface area contributed by atoms with Crippen molar-refractivity contribution in [1.82, 2.24) is 0 Å². The third kappa shape index (κ3) is 5.12. The second-order valence-electron chi connectivity index (χ2n) is 11.3. The lowest BCUT2D eigenvalue weighted by molar-refractivity contribution is 0.672. The van der Waals surface area contributed by atoms with E-state index in [-0.39, 0.29) is 11.1 Å². The van der Waals surface area contributed by atoms with E-state index in [1.807, 2.05) is 0 Å². The number of fused-ring (bicyclic) bond motifs is 6. The largest absolute Gasteiger partial charge is 0.455 e. The highest BCUT2D eigenvalue weighted by molar-refractivity contribution is 6.19. The molecule has 0 radical (unpaired) electrons. The predicted molar refractivity (Wildman–Crippen MR) is 220 cm³/mol. The van der Waals surface area contributed by atoms with Crippen LogP contribution < -0.4 is 4.90 Å².